The van der Waals surface area contributed by atoms with Gasteiger partial charge in [0.1, 0.15) is 17.4 Å². The van der Waals surface area contributed by atoms with Crippen molar-refractivity contribution in [2.75, 3.05) is 0 Å². The third kappa shape index (κ3) is 1.88. The minimum atomic E-state index is -0.567. The second kappa shape index (κ2) is 4.13. The Labute approximate surface area is 106 Å². The number of thioether (sulfide) groups is 1. The van der Waals surface area contributed by atoms with Crippen molar-refractivity contribution >= 4 is 11.8 Å². The van der Waals surface area contributed by atoms with Crippen LogP contribution in [0.2, 0.25) is 0 Å². The number of aromatic nitrogens is 2. The van der Waals surface area contributed by atoms with E-state index in [1.54, 1.807) is 11.8 Å². The largest absolute Gasteiger partial charge is 0.508 e. The lowest BCUT2D eigenvalue weighted by molar-refractivity contribution is 0.469. The fraction of sp³-hybridized carbons (Fsp3) is 0.167. The number of nitrogens with one attached hydrogen (secondary N) is 1. The molecule has 1 aliphatic rings. The molecule has 0 unspecified atom stereocenters. The van der Waals surface area contributed by atoms with Crippen LogP contribution < -0.4 is 5.56 Å². The van der Waals surface area contributed by atoms with Gasteiger partial charge in [-0.3, -0.25) is 4.79 Å². The van der Waals surface area contributed by atoms with E-state index in [-0.39, 0.29) is 17.1 Å². The van der Waals surface area contributed by atoms with Crippen molar-refractivity contribution in [2.24, 2.45) is 0 Å². The highest BCUT2D eigenvalue weighted by atomic mass is 32.2. The first kappa shape index (κ1) is 11.3. The lowest BCUT2D eigenvalue weighted by Gasteiger charge is -2.04. The summed E-state index contributed by atoms with van der Waals surface area (Å²) in [6.45, 7) is 0. The Balaban J connectivity index is 2.18. The third-order valence-electron chi connectivity index (χ3n) is 2.74. The molecule has 2 heterocycles. The van der Waals surface area contributed by atoms with Crippen LogP contribution in [-0.4, -0.2) is 15.1 Å². The standard InChI is InChI=1S/C12H9FN2O2S/c13-7-1-6(2-8(16)3-7)11-14-10-5-18-4-9(10)12(17)15-11/h1-3,16H,4-5H2,(H,14,15,17). The Morgan fingerprint density at radius 1 is 1.33 bits per heavy atom. The molecule has 92 valence electrons. The first-order chi connectivity index (χ1) is 8.63. The molecule has 0 spiro atoms. The van der Waals surface area contributed by atoms with Gasteiger partial charge in [0, 0.05) is 28.7 Å². The zero-order chi connectivity index (χ0) is 12.7. The highest BCUT2D eigenvalue weighted by Crippen LogP contribution is 2.28. The van der Waals surface area contributed by atoms with Crippen LogP contribution in [0.15, 0.2) is 23.0 Å². The van der Waals surface area contributed by atoms with E-state index >= 15 is 0 Å². The van der Waals surface area contributed by atoms with Crippen LogP contribution in [0.5, 0.6) is 5.75 Å². The summed E-state index contributed by atoms with van der Waals surface area (Å²) in [5, 5.41) is 9.35. The van der Waals surface area contributed by atoms with E-state index < -0.39 is 5.82 Å². The minimum Gasteiger partial charge on any atom is -0.508 e. The Morgan fingerprint density at radius 3 is 2.94 bits per heavy atom. The second-order valence-electron chi connectivity index (χ2n) is 4.03. The summed E-state index contributed by atoms with van der Waals surface area (Å²) in [5.41, 5.74) is 1.60. The SMILES string of the molecule is O=c1[nH]c(-c2cc(O)cc(F)c2)nc2c1CSC2. The van der Waals surface area contributed by atoms with Crippen LogP contribution in [0.3, 0.4) is 0 Å². The Kier molecular flexibility index (Phi) is 2.59. The van der Waals surface area contributed by atoms with Gasteiger partial charge in [-0.05, 0) is 12.1 Å². The number of H-pyrrole nitrogens is 1. The minimum absolute atomic E-state index is 0.191. The lowest BCUT2D eigenvalue weighted by Crippen LogP contribution is -2.15. The monoisotopic (exact) mass is 264 g/mol. The molecule has 0 atom stereocenters. The van der Waals surface area contributed by atoms with Crippen LogP contribution in [-0.2, 0) is 11.5 Å². The lowest BCUT2D eigenvalue weighted by atomic mass is 10.2. The molecule has 1 aliphatic heterocycles. The van der Waals surface area contributed by atoms with Gasteiger partial charge >= 0.3 is 0 Å². The molecule has 6 heteroatoms. The average molecular weight is 264 g/mol. The van der Waals surface area contributed by atoms with E-state index in [1.807, 2.05) is 0 Å². The average Bonchev–Trinajstić information content (AvgIpc) is 2.76. The van der Waals surface area contributed by atoms with E-state index in [4.69, 9.17) is 0 Å². The number of rotatable bonds is 1. The number of fused-ring (bicyclic) bond motifs is 1. The summed E-state index contributed by atoms with van der Waals surface area (Å²) in [5.74, 6) is 0.876. The Hall–Kier alpha value is -1.82. The highest BCUT2D eigenvalue weighted by Gasteiger charge is 2.18. The number of aromatic hydroxyl groups is 1. The van der Waals surface area contributed by atoms with Crippen molar-refractivity contribution < 1.29 is 9.50 Å². The Bertz CT molecular complexity index is 664. The maximum atomic E-state index is 13.2. The first-order valence-electron chi connectivity index (χ1n) is 5.33. The quantitative estimate of drug-likeness (QED) is 0.827. The van der Waals surface area contributed by atoms with E-state index in [9.17, 15) is 14.3 Å². The van der Waals surface area contributed by atoms with Crippen LogP contribution in [0.1, 0.15) is 11.3 Å². The number of nitrogens with zero attached hydrogens (tertiary/aromatic N) is 1. The van der Waals surface area contributed by atoms with Gasteiger partial charge in [-0.1, -0.05) is 0 Å². The van der Waals surface area contributed by atoms with Gasteiger partial charge in [0.15, 0.2) is 0 Å². The molecule has 4 nitrogen and oxygen atoms in total. The van der Waals surface area contributed by atoms with E-state index in [0.29, 0.717) is 22.6 Å². The molecule has 18 heavy (non-hydrogen) atoms. The van der Waals surface area contributed by atoms with Gasteiger partial charge in [-0.15, -0.1) is 0 Å². The van der Waals surface area contributed by atoms with Crippen molar-refractivity contribution in [2.45, 2.75) is 11.5 Å². The molecule has 0 saturated carbocycles. The molecule has 1 aromatic carbocycles. The molecule has 0 amide bonds. The predicted octanol–water partition coefficient (Wildman–Crippen LogP) is 2.03. The van der Waals surface area contributed by atoms with E-state index in [2.05, 4.69) is 9.97 Å². The number of phenolic OH excluding ortho intramolecular Hbond substituents is 1. The fourth-order valence-electron chi connectivity index (χ4n) is 1.91. The van der Waals surface area contributed by atoms with Gasteiger partial charge in [0.2, 0.25) is 0 Å². The molecule has 0 bridgehead atoms. The van der Waals surface area contributed by atoms with Crippen LogP contribution in [0.25, 0.3) is 11.4 Å². The molecule has 0 aliphatic carbocycles. The maximum absolute atomic E-state index is 13.2. The zero-order valence-electron chi connectivity index (χ0n) is 9.24. The summed E-state index contributed by atoms with van der Waals surface area (Å²) in [6, 6.07) is 3.60. The fourth-order valence-corrected chi connectivity index (χ4v) is 2.95. The van der Waals surface area contributed by atoms with E-state index in [0.717, 1.165) is 11.8 Å². The van der Waals surface area contributed by atoms with Crippen molar-refractivity contribution in [3.63, 3.8) is 0 Å². The van der Waals surface area contributed by atoms with Gasteiger partial charge < -0.3 is 10.1 Å². The number of benzene rings is 1. The molecular formula is C12H9FN2O2S. The topological polar surface area (TPSA) is 66.0 Å². The van der Waals surface area contributed by atoms with Crippen molar-refractivity contribution in [1.82, 2.24) is 9.97 Å². The van der Waals surface area contributed by atoms with Gasteiger partial charge in [0.05, 0.1) is 5.69 Å². The van der Waals surface area contributed by atoms with Crippen LogP contribution >= 0.6 is 11.8 Å². The van der Waals surface area contributed by atoms with Crippen molar-refractivity contribution in [3.05, 3.63) is 45.6 Å². The normalized spacial score (nSPS) is 13.6. The van der Waals surface area contributed by atoms with Crippen molar-refractivity contribution in [1.29, 1.82) is 0 Å². The molecule has 2 N–H and O–H groups in total. The van der Waals surface area contributed by atoms with Gasteiger partial charge in [0.25, 0.3) is 5.56 Å². The molecule has 0 fully saturated rings. The molecule has 1 aromatic heterocycles. The van der Waals surface area contributed by atoms with Gasteiger partial charge in [-0.25, -0.2) is 9.37 Å². The third-order valence-corrected chi connectivity index (χ3v) is 3.71. The van der Waals surface area contributed by atoms with Crippen LogP contribution in [0, 0.1) is 5.82 Å². The summed E-state index contributed by atoms with van der Waals surface area (Å²) in [7, 11) is 0. The Morgan fingerprint density at radius 2 is 2.17 bits per heavy atom. The number of aromatic amines is 1. The summed E-state index contributed by atoms with van der Waals surface area (Å²) >= 11 is 1.62. The van der Waals surface area contributed by atoms with Crippen LogP contribution in [0.4, 0.5) is 4.39 Å². The number of hydrogen-bond acceptors (Lipinski definition) is 4. The molecule has 3 rings (SSSR count). The number of hydrogen-bond donors (Lipinski definition) is 2. The van der Waals surface area contributed by atoms with Gasteiger partial charge in [-0.2, -0.15) is 11.8 Å². The molecular weight excluding hydrogens is 255 g/mol. The molecule has 0 radical (unpaired) electrons. The summed E-state index contributed by atoms with van der Waals surface area (Å²) in [6.07, 6.45) is 0. The number of phenols is 1. The number of halogens is 1. The molecule has 0 saturated heterocycles. The zero-order valence-corrected chi connectivity index (χ0v) is 10.1. The molecule has 2 aromatic rings. The van der Waals surface area contributed by atoms with Crippen molar-refractivity contribution in [3.8, 4) is 17.1 Å². The smallest absolute Gasteiger partial charge is 0.255 e. The first-order valence-corrected chi connectivity index (χ1v) is 6.49. The maximum Gasteiger partial charge on any atom is 0.255 e. The second-order valence-corrected chi connectivity index (χ2v) is 5.02. The summed E-state index contributed by atoms with van der Waals surface area (Å²) in [4.78, 5) is 18.7. The highest BCUT2D eigenvalue weighted by molar-refractivity contribution is 7.98. The predicted molar refractivity (Wildman–Crippen MR) is 66.9 cm³/mol. The summed E-state index contributed by atoms with van der Waals surface area (Å²) < 4.78 is 13.2. The van der Waals surface area contributed by atoms with E-state index in [1.165, 1.54) is 12.1 Å².